The number of nitrogens with zero attached hydrogens (tertiary/aromatic N) is 2. The molecular formula is C8H6ClN3O2. The predicted molar refractivity (Wildman–Crippen MR) is 52.9 cm³/mol. The third kappa shape index (κ3) is 2.34. The summed E-state index contributed by atoms with van der Waals surface area (Å²) < 4.78 is 0. The molecule has 2 N–H and O–H groups in total. The number of halogens is 1. The summed E-state index contributed by atoms with van der Waals surface area (Å²) in [6.07, 6.45) is 1.08. The Bertz CT molecular complexity index is 422. The van der Waals surface area contributed by atoms with Crippen molar-refractivity contribution in [1.29, 1.82) is 0 Å². The molecule has 0 aliphatic carbocycles. The molecule has 0 aromatic carbocycles. The molecule has 0 saturated carbocycles. The molecule has 0 bridgehead atoms. The molecule has 1 aromatic heterocycles. The smallest absolute Gasteiger partial charge is 0.288 e. The summed E-state index contributed by atoms with van der Waals surface area (Å²) in [6, 6.07) is 1.27. The summed E-state index contributed by atoms with van der Waals surface area (Å²) in [5.74, 6) is 5.43. The molecule has 72 valence electrons. The first kappa shape index (κ1) is 10.3. The van der Waals surface area contributed by atoms with E-state index in [0.29, 0.717) is 5.56 Å². The molecule has 14 heavy (non-hydrogen) atoms. The molecule has 0 fully saturated rings. The average Bonchev–Trinajstić information content (AvgIpc) is 2.16. The van der Waals surface area contributed by atoms with Crippen LogP contribution in [0, 0.1) is 22.0 Å². The molecule has 0 aliphatic heterocycles. The Hall–Kier alpha value is -1.80. The van der Waals surface area contributed by atoms with Crippen LogP contribution >= 0.6 is 11.6 Å². The van der Waals surface area contributed by atoms with Gasteiger partial charge < -0.3 is 5.73 Å². The van der Waals surface area contributed by atoms with Crippen LogP contribution in [0.2, 0.25) is 0 Å². The van der Waals surface area contributed by atoms with Crippen LogP contribution in [0.5, 0.6) is 0 Å². The van der Waals surface area contributed by atoms with Gasteiger partial charge in [-0.3, -0.25) is 10.1 Å². The van der Waals surface area contributed by atoms with Gasteiger partial charge in [-0.05, 0) is 0 Å². The largest absolute Gasteiger partial charge is 0.383 e. The fourth-order valence-electron chi connectivity index (χ4n) is 0.793. The van der Waals surface area contributed by atoms with Crippen LogP contribution < -0.4 is 5.73 Å². The highest BCUT2D eigenvalue weighted by Gasteiger charge is 2.08. The fourth-order valence-corrected chi connectivity index (χ4v) is 0.860. The van der Waals surface area contributed by atoms with Crippen molar-refractivity contribution in [3.05, 3.63) is 27.9 Å². The second kappa shape index (κ2) is 4.44. The van der Waals surface area contributed by atoms with Gasteiger partial charge in [-0.25, -0.2) is 4.98 Å². The van der Waals surface area contributed by atoms with Crippen LogP contribution in [0.4, 0.5) is 11.5 Å². The molecule has 0 unspecified atom stereocenters. The Morgan fingerprint density at radius 3 is 3.00 bits per heavy atom. The van der Waals surface area contributed by atoms with E-state index < -0.39 is 4.92 Å². The van der Waals surface area contributed by atoms with Gasteiger partial charge in [-0.15, -0.1) is 11.6 Å². The lowest BCUT2D eigenvalue weighted by molar-refractivity contribution is -0.385. The number of rotatable bonds is 1. The molecule has 0 radical (unpaired) electrons. The monoisotopic (exact) mass is 211 g/mol. The third-order valence-corrected chi connectivity index (χ3v) is 1.54. The topological polar surface area (TPSA) is 82.0 Å². The lowest BCUT2D eigenvalue weighted by Gasteiger charge is -1.96. The Kier molecular flexibility index (Phi) is 3.26. The maximum absolute atomic E-state index is 10.4. The van der Waals surface area contributed by atoms with Gasteiger partial charge in [-0.1, -0.05) is 11.8 Å². The molecule has 5 nitrogen and oxygen atoms in total. The summed E-state index contributed by atoms with van der Waals surface area (Å²) in [5.41, 5.74) is 5.63. The van der Waals surface area contributed by atoms with E-state index in [1.165, 1.54) is 6.07 Å². The Morgan fingerprint density at radius 2 is 2.43 bits per heavy atom. The minimum atomic E-state index is -0.557. The summed E-state index contributed by atoms with van der Waals surface area (Å²) in [6.45, 7) is 0. The molecule has 0 aliphatic rings. The summed E-state index contributed by atoms with van der Waals surface area (Å²) in [5, 5.41) is 10.4. The van der Waals surface area contributed by atoms with E-state index in [-0.39, 0.29) is 17.4 Å². The molecule has 1 heterocycles. The lowest BCUT2D eigenvalue weighted by Crippen LogP contribution is -1.97. The first-order valence-corrected chi connectivity index (χ1v) is 4.13. The molecule has 0 spiro atoms. The number of hydrogen-bond acceptors (Lipinski definition) is 4. The van der Waals surface area contributed by atoms with Gasteiger partial charge >= 0.3 is 0 Å². The maximum atomic E-state index is 10.4. The van der Waals surface area contributed by atoms with Crippen molar-refractivity contribution in [2.75, 3.05) is 11.6 Å². The standard InChI is InChI=1S/C8H6ClN3O2/c9-3-1-2-6-4-7(12(13)14)5-11-8(6)10/h4-5H,3H2,(H2,10,11). The molecule has 1 rings (SSSR count). The van der Waals surface area contributed by atoms with Crippen molar-refractivity contribution in [3.63, 3.8) is 0 Å². The summed E-state index contributed by atoms with van der Waals surface area (Å²) in [4.78, 5) is 13.5. The highest BCUT2D eigenvalue weighted by molar-refractivity contribution is 6.19. The predicted octanol–water partition coefficient (Wildman–Crippen LogP) is 1.16. The van der Waals surface area contributed by atoms with Crippen LogP contribution in [-0.2, 0) is 0 Å². The third-order valence-electron chi connectivity index (χ3n) is 1.40. The van der Waals surface area contributed by atoms with Gasteiger partial charge in [0.15, 0.2) is 0 Å². The van der Waals surface area contributed by atoms with Crippen LogP contribution in [0.25, 0.3) is 0 Å². The van der Waals surface area contributed by atoms with Crippen molar-refractivity contribution >= 4 is 23.1 Å². The number of nitro groups is 1. The molecule has 0 atom stereocenters. The van der Waals surface area contributed by atoms with Gasteiger partial charge in [0.05, 0.1) is 16.4 Å². The van der Waals surface area contributed by atoms with Crippen molar-refractivity contribution in [2.45, 2.75) is 0 Å². The SMILES string of the molecule is Nc1ncc([N+](=O)[O-])cc1C#CCCl. The first-order valence-electron chi connectivity index (χ1n) is 3.60. The number of pyridine rings is 1. The minimum absolute atomic E-state index is 0.141. The Morgan fingerprint density at radius 1 is 1.71 bits per heavy atom. The quantitative estimate of drug-likeness (QED) is 0.327. The fraction of sp³-hybridized carbons (Fsp3) is 0.125. The normalized spacial score (nSPS) is 8.93. The zero-order chi connectivity index (χ0) is 10.6. The molecular weight excluding hydrogens is 206 g/mol. The van der Waals surface area contributed by atoms with E-state index in [9.17, 15) is 10.1 Å². The number of nitrogens with two attached hydrogens (primary N) is 1. The zero-order valence-corrected chi connectivity index (χ0v) is 7.78. The Labute approximate surface area is 85.0 Å². The molecule has 0 amide bonds. The Balaban J connectivity index is 3.14. The number of anilines is 1. The van der Waals surface area contributed by atoms with Crippen molar-refractivity contribution < 1.29 is 4.92 Å². The van der Waals surface area contributed by atoms with E-state index in [1.807, 2.05) is 0 Å². The van der Waals surface area contributed by atoms with Crippen LogP contribution in [0.1, 0.15) is 5.56 Å². The van der Waals surface area contributed by atoms with E-state index in [1.54, 1.807) is 0 Å². The highest BCUT2D eigenvalue weighted by atomic mass is 35.5. The van der Waals surface area contributed by atoms with Crippen molar-refractivity contribution in [2.24, 2.45) is 0 Å². The van der Waals surface area contributed by atoms with Crippen molar-refractivity contribution in [1.82, 2.24) is 4.98 Å². The van der Waals surface area contributed by atoms with E-state index in [4.69, 9.17) is 17.3 Å². The highest BCUT2D eigenvalue weighted by Crippen LogP contribution is 2.15. The van der Waals surface area contributed by atoms with Crippen molar-refractivity contribution in [3.8, 4) is 11.8 Å². The van der Waals surface area contributed by atoms with Gasteiger partial charge in [0.2, 0.25) is 0 Å². The summed E-state index contributed by atoms with van der Waals surface area (Å²) in [7, 11) is 0. The molecule has 6 heteroatoms. The number of aromatic nitrogens is 1. The van der Waals surface area contributed by atoms with E-state index >= 15 is 0 Å². The number of alkyl halides is 1. The van der Waals surface area contributed by atoms with Gasteiger partial charge in [0, 0.05) is 6.07 Å². The van der Waals surface area contributed by atoms with Crippen LogP contribution in [-0.4, -0.2) is 15.8 Å². The minimum Gasteiger partial charge on any atom is -0.383 e. The lowest BCUT2D eigenvalue weighted by atomic mass is 10.2. The molecule has 0 saturated heterocycles. The van der Waals surface area contributed by atoms with Crippen LogP contribution in [0.3, 0.4) is 0 Å². The average molecular weight is 212 g/mol. The van der Waals surface area contributed by atoms with Crippen LogP contribution in [0.15, 0.2) is 12.3 Å². The first-order chi connectivity index (χ1) is 6.65. The van der Waals surface area contributed by atoms with Gasteiger partial charge in [0.1, 0.15) is 12.0 Å². The van der Waals surface area contributed by atoms with E-state index in [2.05, 4.69) is 16.8 Å². The van der Waals surface area contributed by atoms with Gasteiger partial charge in [-0.2, -0.15) is 0 Å². The maximum Gasteiger partial charge on any atom is 0.288 e. The van der Waals surface area contributed by atoms with Gasteiger partial charge in [0.25, 0.3) is 5.69 Å². The van der Waals surface area contributed by atoms with E-state index in [0.717, 1.165) is 6.20 Å². The molecule has 1 aromatic rings. The summed E-state index contributed by atoms with van der Waals surface area (Å²) >= 11 is 5.34. The zero-order valence-electron chi connectivity index (χ0n) is 7.03. The number of hydrogen-bond donors (Lipinski definition) is 1. The second-order valence-electron chi connectivity index (χ2n) is 2.32. The second-order valence-corrected chi connectivity index (χ2v) is 2.59. The number of nitrogen functional groups attached to an aromatic ring is 1.